The van der Waals surface area contributed by atoms with Crippen molar-refractivity contribution in [2.24, 2.45) is 0 Å². The van der Waals surface area contributed by atoms with E-state index in [1.165, 1.54) is 236 Å². The van der Waals surface area contributed by atoms with Gasteiger partial charge in [0.05, 0.1) is 0 Å². The zero-order chi connectivity index (χ0) is 71.0. The number of fused-ring (bicyclic) bond motifs is 11. The molecule has 3 aliphatic carbocycles. The molecule has 0 saturated heterocycles. The molecular formula is C107H82. The third-order valence-corrected chi connectivity index (χ3v) is 23.2. The molecular weight excluding hydrogens is 1290 g/mol. The monoisotopic (exact) mass is 1370 g/mol. The van der Waals surface area contributed by atoms with Gasteiger partial charge in [-0.3, -0.25) is 0 Å². The summed E-state index contributed by atoms with van der Waals surface area (Å²) in [5, 5.41) is 23.8. The molecule has 18 aromatic carbocycles. The van der Waals surface area contributed by atoms with Crippen molar-refractivity contribution in [2.45, 2.75) is 70.6 Å². The van der Waals surface area contributed by atoms with Gasteiger partial charge in [0.15, 0.2) is 0 Å². The SMILES string of the molecule is C1=C(/c2c3ccccc3c(-c3ccc4ccccc4c3)c3ccccc23)CCCCCC/1.C1=C(c2c3ccccc3c(-c3ccc4cc(-c5ccccc5)ccc4c3)c3ccccc23)c2ccccc2CC1.C1=C(c2c3ccccc3c(-c3ccc4ccccc4c3)c3ccccc23)CCCc2ccccc21. The zero-order valence-corrected chi connectivity index (χ0v) is 60.4. The summed E-state index contributed by atoms with van der Waals surface area (Å²) in [4.78, 5) is 0. The Morgan fingerprint density at radius 3 is 1.07 bits per heavy atom. The standard InChI is InChI=1S/C40H28.C35H26.C32H28/c1-2-11-27(12-3-1)29-21-22-31-26-32(24-23-30(31)25-29)39-35-16-6-8-18-37(35)40(38-19-9-7-17-36(38)39)34-20-10-14-28-13-4-5-15-33(28)34;1-3-12-26-22-28(15-9-14-24(26)10-1)34-30-16-5-7-18-32(30)35(33-19-8-6-17-31(33)34)29-21-20-25-11-2-4-13-27(25)23-29;1-2-4-13-24(14-5-3-1)31-27-16-8-10-18-29(27)32(30-19-11-9-17-28(30)31)26-21-20-23-12-6-7-15-25(23)22-26/h1-9,11-13,15-26H,10,14H2;1-8,10-13,16-23H,9,14-15H2;6-13,15-22H,1-5,14H2/b;;24-13+. The summed E-state index contributed by atoms with van der Waals surface area (Å²) in [5.74, 6) is 0. The Bertz CT molecular complexity index is 6420. The van der Waals surface area contributed by atoms with Gasteiger partial charge in [0.25, 0.3) is 0 Å². The minimum atomic E-state index is 1.08. The van der Waals surface area contributed by atoms with Gasteiger partial charge in [-0.05, 0) is 279 Å². The van der Waals surface area contributed by atoms with Crippen LogP contribution in [-0.2, 0) is 12.8 Å². The maximum absolute atomic E-state index is 2.53. The van der Waals surface area contributed by atoms with Crippen molar-refractivity contribution in [1.82, 2.24) is 0 Å². The van der Waals surface area contributed by atoms with Crippen LogP contribution in [0.2, 0.25) is 0 Å². The van der Waals surface area contributed by atoms with Gasteiger partial charge in [0.1, 0.15) is 0 Å². The first-order chi connectivity index (χ1) is 53.1. The summed E-state index contributed by atoms with van der Waals surface area (Å²) < 4.78 is 0. The summed E-state index contributed by atoms with van der Waals surface area (Å²) in [5.41, 5.74) is 24.6. The molecule has 510 valence electrons. The Morgan fingerprint density at radius 2 is 0.551 bits per heavy atom. The summed E-state index contributed by atoms with van der Waals surface area (Å²) in [6.07, 6.45) is 20.7. The fourth-order valence-electron chi connectivity index (χ4n) is 18.2. The highest BCUT2D eigenvalue weighted by Gasteiger charge is 2.25. The van der Waals surface area contributed by atoms with Gasteiger partial charge < -0.3 is 0 Å². The maximum atomic E-state index is 2.53. The second-order valence-electron chi connectivity index (χ2n) is 29.5. The van der Waals surface area contributed by atoms with E-state index in [0.29, 0.717) is 0 Å². The lowest BCUT2D eigenvalue weighted by Crippen LogP contribution is -2.02. The first kappa shape index (κ1) is 65.3. The van der Waals surface area contributed by atoms with Crippen LogP contribution in [0.1, 0.15) is 96.7 Å². The van der Waals surface area contributed by atoms with E-state index in [9.17, 15) is 0 Å². The normalized spacial score (nSPS) is 14.2. The number of benzene rings is 18. The van der Waals surface area contributed by atoms with Gasteiger partial charge in [-0.2, -0.15) is 0 Å². The predicted octanol–water partition coefficient (Wildman–Crippen LogP) is 30.1. The Kier molecular flexibility index (Phi) is 17.6. The average molecular weight is 1370 g/mol. The molecule has 0 N–H and O–H groups in total. The molecule has 21 rings (SSSR count). The van der Waals surface area contributed by atoms with Crippen LogP contribution in [0.25, 0.3) is 164 Å². The van der Waals surface area contributed by atoms with E-state index in [0.717, 1.165) is 25.7 Å². The van der Waals surface area contributed by atoms with Gasteiger partial charge in [-0.25, -0.2) is 0 Å². The highest BCUT2D eigenvalue weighted by molar-refractivity contribution is 6.23. The van der Waals surface area contributed by atoms with Gasteiger partial charge in [0.2, 0.25) is 0 Å². The minimum absolute atomic E-state index is 1.08. The van der Waals surface area contributed by atoms with Crippen molar-refractivity contribution >= 4 is 120 Å². The van der Waals surface area contributed by atoms with Gasteiger partial charge in [0, 0.05) is 0 Å². The van der Waals surface area contributed by atoms with E-state index in [1.807, 2.05) is 0 Å². The highest BCUT2D eigenvalue weighted by Crippen LogP contribution is 2.49. The average Bonchev–Trinajstić information content (AvgIpc) is 0.892. The maximum Gasteiger partial charge on any atom is -0.00235 e. The number of aryl methyl sites for hydroxylation is 2. The fourth-order valence-corrected chi connectivity index (χ4v) is 18.2. The number of allylic oxidation sites excluding steroid dienone is 4. The third-order valence-electron chi connectivity index (χ3n) is 23.2. The van der Waals surface area contributed by atoms with Crippen LogP contribution in [0.5, 0.6) is 0 Å². The smallest absolute Gasteiger partial charge is 0.00235 e. The van der Waals surface area contributed by atoms with Crippen LogP contribution in [0.3, 0.4) is 0 Å². The lowest BCUT2D eigenvalue weighted by Gasteiger charge is -2.23. The van der Waals surface area contributed by atoms with Crippen molar-refractivity contribution < 1.29 is 0 Å². The van der Waals surface area contributed by atoms with E-state index in [2.05, 4.69) is 364 Å². The molecule has 18 aromatic rings. The third kappa shape index (κ3) is 12.4. The molecule has 0 heterocycles. The number of hydrogen-bond donors (Lipinski definition) is 0. The summed E-state index contributed by atoms with van der Waals surface area (Å²) in [6.45, 7) is 0. The Morgan fingerprint density at radius 1 is 0.187 bits per heavy atom. The van der Waals surface area contributed by atoms with Gasteiger partial charge in [-0.1, -0.05) is 353 Å². The summed E-state index contributed by atoms with van der Waals surface area (Å²) in [6, 6.07) is 127. The molecule has 0 spiro atoms. The molecule has 0 saturated carbocycles. The van der Waals surface area contributed by atoms with Crippen molar-refractivity contribution in [3.05, 3.63) is 397 Å². The predicted molar refractivity (Wildman–Crippen MR) is 463 cm³/mol. The molecule has 0 unspecified atom stereocenters. The molecule has 0 atom stereocenters. The van der Waals surface area contributed by atoms with Gasteiger partial charge in [-0.15, -0.1) is 0 Å². The lowest BCUT2D eigenvalue weighted by atomic mass is 9.80. The van der Waals surface area contributed by atoms with Gasteiger partial charge >= 0.3 is 0 Å². The Labute approximate surface area is 627 Å². The first-order valence-electron chi connectivity index (χ1n) is 38.8. The van der Waals surface area contributed by atoms with E-state index in [4.69, 9.17) is 0 Å². The summed E-state index contributed by atoms with van der Waals surface area (Å²) >= 11 is 0. The fraction of sp³-hybridized carbons (Fsp3) is 0.103. The zero-order valence-electron chi connectivity index (χ0n) is 60.4. The second-order valence-corrected chi connectivity index (χ2v) is 29.5. The van der Waals surface area contributed by atoms with Crippen LogP contribution in [0.15, 0.2) is 358 Å². The Balaban J connectivity index is 0.000000110. The number of hydrogen-bond acceptors (Lipinski definition) is 0. The van der Waals surface area contributed by atoms with Crippen molar-refractivity contribution in [3.8, 4) is 44.5 Å². The van der Waals surface area contributed by atoms with Crippen LogP contribution >= 0.6 is 0 Å². The second kappa shape index (κ2) is 28.9. The molecule has 0 heteroatoms. The molecule has 0 nitrogen and oxygen atoms in total. The topological polar surface area (TPSA) is 0 Å². The molecule has 107 heavy (non-hydrogen) atoms. The molecule has 0 radical (unpaired) electrons. The molecule has 0 aromatic heterocycles. The largest absolute Gasteiger partial charge is 0.0807 e. The molecule has 0 aliphatic heterocycles. The minimum Gasteiger partial charge on any atom is -0.0807 e. The van der Waals surface area contributed by atoms with Crippen molar-refractivity contribution in [3.63, 3.8) is 0 Å². The van der Waals surface area contributed by atoms with Crippen LogP contribution < -0.4 is 0 Å². The van der Waals surface area contributed by atoms with Crippen LogP contribution in [-0.4, -0.2) is 0 Å². The van der Waals surface area contributed by atoms with E-state index >= 15 is 0 Å². The quantitative estimate of drug-likeness (QED) is 0.140. The number of rotatable bonds is 7. The molecule has 0 amide bonds. The van der Waals surface area contributed by atoms with E-state index < -0.39 is 0 Å². The first-order valence-corrected chi connectivity index (χ1v) is 38.8. The molecule has 0 fully saturated rings. The van der Waals surface area contributed by atoms with Crippen molar-refractivity contribution in [1.29, 1.82) is 0 Å². The Hall–Kier alpha value is -12.5. The van der Waals surface area contributed by atoms with E-state index in [1.54, 1.807) is 5.57 Å². The summed E-state index contributed by atoms with van der Waals surface area (Å²) in [7, 11) is 0. The van der Waals surface area contributed by atoms with Crippen LogP contribution in [0, 0.1) is 0 Å². The lowest BCUT2D eigenvalue weighted by molar-refractivity contribution is 0.644. The molecule has 0 bridgehead atoms. The molecule has 3 aliphatic rings. The highest BCUT2D eigenvalue weighted by atomic mass is 14.3. The van der Waals surface area contributed by atoms with Crippen molar-refractivity contribution in [2.75, 3.05) is 0 Å². The van der Waals surface area contributed by atoms with E-state index in [-0.39, 0.29) is 0 Å². The van der Waals surface area contributed by atoms with Crippen LogP contribution in [0.4, 0.5) is 0 Å².